The van der Waals surface area contributed by atoms with Crippen LogP contribution in [0.1, 0.15) is 65.7 Å². The normalized spacial score (nSPS) is 41.1. The summed E-state index contributed by atoms with van der Waals surface area (Å²) in [6, 6.07) is 0. The molecule has 118 valence electrons. The standard InChI is InChI=1S/C18H28O3/c1-12(2)15(19)21-16(3,4)10-17-6-13-5-14(7-17)9-18(20,8-13)11-17/h13-14,20H,1,5-11H2,2-4H3. The van der Waals surface area contributed by atoms with Gasteiger partial charge in [-0.05, 0) is 83.0 Å². The molecule has 0 aromatic carbocycles. The molecule has 0 amide bonds. The SMILES string of the molecule is C=C(C)C(=O)OC(C)(C)CC12CC3CC(CC(O)(C3)C1)C2. The maximum Gasteiger partial charge on any atom is 0.333 e. The molecule has 4 bridgehead atoms. The number of aliphatic hydroxyl groups is 1. The number of carbonyl (C=O) groups is 1. The van der Waals surface area contributed by atoms with E-state index in [0.29, 0.717) is 17.4 Å². The lowest BCUT2D eigenvalue weighted by molar-refractivity contribution is -0.186. The zero-order chi connectivity index (χ0) is 15.5. The largest absolute Gasteiger partial charge is 0.456 e. The lowest BCUT2D eigenvalue weighted by Gasteiger charge is -2.61. The predicted octanol–water partition coefficient (Wildman–Crippen LogP) is 3.61. The maximum atomic E-state index is 11.8. The van der Waals surface area contributed by atoms with Gasteiger partial charge in [0.1, 0.15) is 5.60 Å². The first kappa shape index (κ1) is 15.1. The van der Waals surface area contributed by atoms with Crippen LogP contribution < -0.4 is 0 Å². The Morgan fingerprint density at radius 1 is 1.29 bits per heavy atom. The molecule has 0 spiro atoms. The summed E-state index contributed by atoms with van der Waals surface area (Å²) in [6.45, 7) is 9.34. The van der Waals surface area contributed by atoms with Crippen molar-refractivity contribution < 1.29 is 14.6 Å². The number of rotatable bonds is 4. The average Bonchev–Trinajstić information content (AvgIpc) is 2.21. The van der Waals surface area contributed by atoms with E-state index < -0.39 is 11.2 Å². The van der Waals surface area contributed by atoms with Gasteiger partial charge in [0.25, 0.3) is 0 Å². The molecule has 4 aliphatic rings. The van der Waals surface area contributed by atoms with E-state index in [1.54, 1.807) is 6.92 Å². The third-order valence-electron chi connectivity index (χ3n) is 5.67. The summed E-state index contributed by atoms with van der Waals surface area (Å²) in [5.74, 6) is 1.04. The highest BCUT2D eigenvalue weighted by molar-refractivity contribution is 5.87. The number of carbonyl (C=O) groups excluding carboxylic acids is 1. The van der Waals surface area contributed by atoms with Gasteiger partial charge in [-0.15, -0.1) is 0 Å². The number of hydrogen-bond donors (Lipinski definition) is 1. The third-order valence-corrected chi connectivity index (χ3v) is 5.67. The first-order valence-corrected chi connectivity index (χ1v) is 8.22. The zero-order valence-electron chi connectivity index (χ0n) is 13.6. The highest BCUT2D eigenvalue weighted by Crippen LogP contribution is 2.63. The van der Waals surface area contributed by atoms with Crippen molar-refractivity contribution in [1.29, 1.82) is 0 Å². The first-order chi connectivity index (χ1) is 9.61. The van der Waals surface area contributed by atoms with Gasteiger partial charge in [-0.3, -0.25) is 0 Å². The van der Waals surface area contributed by atoms with Gasteiger partial charge in [0.05, 0.1) is 5.60 Å². The molecule has 0 aromatic heterocycles. The van der Waals surface area contributed by atoms with Gasteiger partial charge in [0.2, 0.25) is 0 Å². The van der Waals surface area contributed by atoms with E-state index in [9.17, 15) is 9.90 Å². The second-order valence-corrected chi connectivity index (χ2v) is 8.79. The molecule has 4 rings (SSSR count). The van der Waals surface area contributed by atoms with E-state index in [1.807, 2.05) is 13.8 Å². The summed E-state index contributed by atoms with van der Waals surface area (Å²) in [6.07, 6.45) is 7.39. The summed E-state index contributed by atoms with van der Waals surface area (Å²) in [4.78, 5) is 11.8. The summed E-state index contributed by atoms with van der Waals surface area (Å²) >= 11 is 0. The van der Waals surface area contributed by atoms with Gasteiger partial charge in [-0.25, -0.2) is 4.79 Å². The Morgan fingerprint density at radius 2 is 1.86 bits per heavy atom. The Balaban J connectivity index is 1.75. The fourth-order valence-electron chi connectivity index (χ4n) is 5.89. The van der Waals surface area contributed by atoms with Crippen LogP contribution in [0.5, 0.6) is 0 Å². The van der Waals surface area contributed by atoms with Crippen molar-refractivity contribution in [2.45, 2.75) is 76.9 Å². The molecular weight excluding hydrogens is 264 g/mol. The molecule has 0 aliphatic heterocycles. The zero-order valence-corrected chi connectivity index (χ0v) is 13.6. The topological polar surface area (TPSA) is 46.5 Å². The molecule has 1 N–H and O–H groups in total. The van der Waals surface area contributed by atoms with Crippen LogP contribution in [0.4, 0.5) is 0 Å². The van der Waals surface area contributed by atoms with Crippen molar-refractivity contribution in [3.8, 4) is 0 Å². The van der Waals surface area contributed by atoms with Crippen LogP contribution in [-0.4, -0.2) is 22.3 Å². The van der Waals surface area contributed by atoms with Gasteiger partial charge in [-0.1, -0.05) is 6.58 Å². The summed E-state index contributed by atoms with van der Waals surface area (Å²) < 4.78 is 5.65. The number of ether oxygens (including phenoxy) is 1. The highest BCUT2D eigenvalue weighted by atomic mass is 16.6. The van der Waals surface area contributed by atoms with E-state index in [1.165, 1.54) is 19.3 Å². The fraction of sp³-hybridized carbons (Fsp3) is 0.833. The van der Waals surface area contributed by atoms with Gasteiger partial charge in [-0.2, -0.15) is 0 Å². The lowest BCUT2D eigenvalue weighted by Crippen LogP contribution is -2.57. The average molecular weight is 292 g/mol. The maximum absolute atomic E-state index is 11.8. The second-order valence-electron chi connectivity index (χ2n) is 8.79. The van der Waals surface area contributed by atoms with Crippen LogP contribution in [0.3, 0.4) is 0 Å². The third kappa shape index (κ3) is 2.90. The van der Waals surface area contributed by atoms with Crippen LogP contribution in [-0.2, 0) is 9.53 Å². The van der Waals surface area contributed by atoms with Gasteiger partial charge in [0.15, 0.2) is 0 Å². The van der Waals surface area contributed by atoms with Gasteiger partial charge in [0, 0.05) is 5.57 Å². The van der Waals surface area contributed by atoms with Gasteiger partial charge < -0.3 is 9.84 Å². The molecule has 4 aliphatic carbocycles. The van der Waals surface area contributed by atoms with E-state index in [-0.39, 0.29) is 11.4 Å². The minimum atomic E-state index is -0.488. The fourth-order valence-corrected chi connectivity index (χ4v) is 5.89. The molecular formula is C18H28O3. The first-order valence-electron chi connectivity index (χ1n) is 8.22. The lowest BCUT2D eigenvalue weighted by atomic mass is 9.46. The molecule has 21 heavy (non-hydrogen) atoms. The van der Waals surface area contributed by atoms with E-state index in [0.717, 1.165) is 25.7 Å². The smallest absolute Gasteiger partial charge is 0.333 e. The molecule has 2 atom stereocenters. The highest BCUT2D eigenvalue weighted by Gasteiger charge is 2.58. The molecule has 4 fully saturated rings. The van der Waals surface area contributed by atoms with Crippen molar-refractivity contribution in [2.24, 2.45) is 17.3 Å². The Kier molecular flexibility index (Phi) is 3.29. The van der Waals surface area contributed by atoms with Crippen molar-refractivity contribution in [1.82, 2.24) is 0 Å². The van der Waals surface area contributed by atoms with Crippen LogP contribution in [0.25, 0.3) is 0 Å². The molecule has 0 aromatic rings. The Morgan fingerprint density at radius 3 is 2.33 bits per heavy atom. The molecule has 3 nitrogen and oxygen atoms in total. The molecule has 0 radical (unpaired) electrons. The van der Waals surface area contributed by atoms with Crippen LogP contribution in [0.2, 0.25) is 0 Å². The van der Waals surface area contributed by atoms with Crippen molar-refractivity contribution >= 4 is 5.97 Å². The van der Waals surface area contributed by atoms with Crippen LogP contribution in [0.15, 0.2) is 12.2 Å². The van der Waals surface area contributed by atoms with Crippen molar-refractivity contribution in [3.63, 3.8) is 0 Å². The second kappa shape index (κ2) is 4.58. The van der Waals surface area contributed by atoms with E-state index in [2.05, 4.69) is 6.58 Å². The van der Waals surface area contributed by atoms with Crippen molar-refractivity contribution in [2.75, 3.05) is 0 Å². The van der Waals surface area contributed by atoms with Crippen LogP contribution in [0, 0.1) is 17.3 Å². The molecule has 2 unspecified atom stereocenters. The molecule has 4 saturated carbocycles. The Labute approximate surface area is 127 Å². The van der Waals surface area contributed by atoms with E-state index >= 15 is 0 Å². The number of hydrogen-bond acceptors (Lipinski definition) is 3. The minimum absolute atomic E-state index is 0.164. The summed E-state index contributed by atoms with van der Waals surface area (Å²) in [7, 11) is 0. The Bertz CT molecular complexity index is 463. The predicted molar refractivity (Wildman–Crippen MR) is 81.7 cm³/mol. The molecule has 3 heteroatoms. The molecule has 0 heterocycles. The van der Waals surface area contributed by atoms with E-state index in [4.69, 9.17) is 4.74 Å². The number of esters is 1. The molecule has 0 saturated heterocycles. The van der Waals surface area contributed by atoms with Crippen molar-refractivity contribution in [3.05, 3.63) is 12.2 Å². The summed E-state index contributed by atoms with van der Waals surface area (Å²) in [5.41, 5.74) is -0.318. The Hall–Kier alpha value is -0.830. The minimum Gasteiger partial charge on any atom is -0.456 e. The van der Waals surface area contributed by atoms with Gasteiger partial charge >= 0.3 is 5.97 Å². The van der Waals surface area contributed by atoms with Crippen LogP contribution >= 0.6 is 0 Å². The monoisotopic (exact) mass is 292 g/mol. The summed E-state index contributed by atoms with van der Waals surface area (Å²) in [5, 5.41) is 10.8. The quantitative estimate of drug-likeness (QED) is 0.636.